The zero-order valence-electron chi connectivity index (χ0n) is 20.1. The molecule has 1 saturated heterocycles. The van der Waals surface area contributed by atoms with Crippen LogP contribution in [0.1, 0.15) is 18.9 Å². The molecular formula is C20H34N4O8S2. The second-order valence-electron chi connectivity index (χ2n) is 8.16. The lowest BCUT2D eigenvalue weighted by Gasteiger charge is -2.31. The van der Waals surface area contributed by atoms with Crippen molar-refractivity contribution in [3.8, 4) is 0 Å². The van der Waals surface area contributed by atoms with Gasteiger partial charge >= 0.3 is 0 Å². The van der Waals surface area contributed by atoms with Crippen molar-refractivity contribution in [1.82, 2.24) is 9.21 Å². The number of non-ortho nitro benzene ring substituents is 1. The van der Waals surface area contributed by atoms with Crippen molar-refractivity contribution in [2.24, 2.45) is 0 Å². The number of nitrogens with zero attached hydrogens (tertiary/aromatic N) is 4. The average molecular weight is 523 g/mol. The van der Waals surface area contributed by atoms with Crippen molar-refractivity contribution < 1.29 is 30.7 Å². The van der Waals surface area contributed by atoms with Gasteiger partial charge in [-0.05, 0) is 18.9 Å². The monoisotopic (exact) mass is 522 g/mol. The van der Waals surface area contributed by atoms with Gasteiger partial charge in [-0.25, -0.2) is 8.42 Å². The van der Waals surface area contributed by atoms with E-state index in [4.69, 9.17) is 8.92 Å². The first-order valence-corrected chi connectivity index (χ1v) is 14.3. The van der Waals surface area contributed by atoms with Crippen LogP contribution in [0.3, 0.4) is 0 Å². The van der Waals surface area contributed by atoms with Crippen molar-refractivity contribution >= 4 is 31.5 Å². The molecule has 14 heteroatoms. The second kappa shape index (κ2) is 12.2. The summed E-state index contributed by atoms with van der Waals surface area (Å²) in [6.07, 6.45) is 1.58. The van der Waals surface area contributed by atoms with Gasteiger partial charge in [0.1, 0.15) is 4.90 Å². The minimum absolute atomic E-state index is 0.0968. The number of rotatable bonds is 13. The summed E-state index contributed by atoms with van der Waals surface area (Å²) in [5, 5.41) is 11.5. The fraction of sp³-hybridized carbons (Fsp3) is 0.700. The summed E-state index contributed by atoms with van der Waals surface area (Å²) in [4.78, 5) is 14.5. The third-order valence-corrected chi connectivity index (χ3v) is 7.92. The number of hydrogen-bond donors (Lipinski definition) is 0. The highest BCUT2D eigenvalue weighted by Crippen LogP contribution is 2.35. The molecule has 0 N–H and O–H groups in total. The number of likely N-dealkylation sites (N-methyl/N-ethyl adjacent to an activating group) is 1. The second-order valence-corrected chi connectivity index (χ2v) is 11.8. The minimum atomic E-state index is -4.10. The first kappa shape index (κ1) is 28.4. The summed E-state index contributed by atoms with van der Waals surface area (Å²) in [6.45, 7) is 7.13. The zero-order valence-corrected chi connectivity index (χ0v) is 21.7. The van der Waals surface area contributed by atoms with Gasteiger partial charge in [-0.15, -0.1) is 0 Å². The SMILES string of the molecule is CCCN(CCOS(C)(=O)=O)c1c(C)cc([N+](=O)[O-])cc1S(=O)(=O)N(C)CCN1CCOCC1. The molecule has 0 spiro atoms. The summed E-state index contributed by atoms with van der Waals surface area (Å²) in [5.74, 6) is 0. The molecule has 0 radical (unpaired) electrons. The highest BCUT2D eigenvalue weighted by atomic mass is 32.2. The van der Waals surface area contributed by atoms with Crippen LogP contribution in [0.2, 0.25) is 0 Å². The predicted octanol–water partition coefficient (Wildman–Crippen LogP) is 1.05. The van der Waals surface area contributed by atoms with Crippen LogP contribution in [0, 0.1) is 17.0 Å². The normalized spacial score (nSPS) is 15.6. The number of aryl methyl sites for hydroxylation is 1. The molecule has 0 atom stereocenters. The maximum atomic E-state index is 13.6. The van der Waals surface area contributed by atoms with Crippen molar-refractivity contribution in [3.63, 3.8) is 0 Å². The van der Waals surface area contributed by atoms with E-state index in [2.05, 4.69) is 4.90 Å². The molecule has 2 rings (SSSR count). The fourth-order valence-electron chi connectivity index (χ4n) is 3.74. The van der Waals surface area contributed by atoms with Crippen LogP contribution >= 0.6 is 0 Å². The van der Waals surface area contributed by atoms with Crippen molar-refractivity contribution in [1.29, 1.82) is 0 Å². The molecule has 1 aromatic carbocycles. The first-order chi connectivity index (χ1) is 15.9. The lowest BCUT2D eigenvalue weighted by atomic mass is 10.1. The molecule has 194 valence electrons. The Bertz CT molecular complexity index is 1060. The van der Waals surface area contributed by atoms with Gasteiger partial charge in [0.2, 0.25) is 10.0 Å². The van der Waals surface area contributed by atoms with E-state index in [1.807, 2.05) is 6.92 Å². The van der Waals surface area contributed by atoms with Gasteiger partial charge in [-0.1, -0.05) is 6.92 Å². The molecule has 34 heavy (non-hydrogen) atoms. The zero-order chi connectivity index (χ0) is 25.5. The van der Waals surface area contributed by atoms with Crippen molar-refractivity contribution in [2.75, 3.05) is 77.3 Å². The summed E-state index contributed by atoms with van der Waals surface area (Å²) < 4.78 is 61.3. The number of hydrogen-bond acceptors (Lipinski definition) is 10. The highest BCUT2D eigenvalue weighted by molar-refractivity contribution is 7.89. The number of benzene rings is 1. The highest BCUT2D eigenvalue weighted by Gasteiger charge is 2.30. The number of ether oxygens (including phenoxy) is 1. The van der Waals surface area contributed by atoms with Gasteiger partial charge in [0, 0.05) is 58.4 Å². The molecule has 12 nitrogen and oxygen atoms in total. The van der Waals surface area contributed by atoms with Crippen LogP contribution in [-0.2, 0) is 29.1 Å². The standard InChI is InChI=1S/C20H34N4O8S2/c1-5-6-23(11-14-32-33(4,27)28)20-17(2)15-18(24(25)26)16-19(20)34(29,30)21(3)7-8-22-9-12-31-13-10-22/h15-16H,5-14H2,1-4H3. The van der Waals surface area contributed by atoms with E-state index in [0.717, 1.165) is 12.3 Å². The van der Waals surface area contributed by atoms with Crippen molar-refractivity contribution in [2.45, 2.75) is 25.2 Å². The number of anilines is 1. The molecule has 1 fully saturated rings. The Hall–Kier alpha value is -1.84. The Morgan fingerprint density at radius 2 is 1.79 bits per heavy atom. The molecule has 0 aromatic heterocycles. The van der Waals surface area contributed by atoms with Crippen LogP contribution in [0.5, 0.6) is 0 Å². The third kappa shape index (κ3) is 7.85. The van der Waals surface area contributed by atoms with Gasteiger partial charge in [0.25, 0.3) is 15.8 Å². The van der Waals surface area contributed by atoms with E-state index < -0.39 is 25.1 Å². The fourth-order valence-corrected chi connectivity index (χ4v) is 5.57. The van der Waals surface area contributed by atoms with Crippen LogP contribution in [0.4, 0.5) is 11.4 Å². The maximum absolute atomic E-state index is 13.6. The van der Waals surface area contributed by atoms with Gasteiger partial charge < -0.3 is 9.64 Å². The molecule has 1 aliphatic heterocycles. The largest absolute Gasteiger partial charge is 0.379 e. The van der Waals surface area contributed by atoms with Gasteiger partial charge in [-0.3, -0.25) is 19.2 Å². The first-order valence-electron chi connectivity index (χ1n) is 11.0. The van der Waals surface area contributed by atoms with E-state index in [1.165, 1.54) is 17.4 Å². The maximum Gasteiger partial charge on any atom is 0.271 e. The van der Waals surface area contributed by atoms with E-state index in [-0.39, 0.29) is 30.3 Å². The molecule has 0 amide bonds. The number of sulfonamides is 1. The number of nitro groups is 1. The summed E-state index contributed by atoms with van der Waals surface area (Å²) >= 11 is 0. The van der Waals surface area contributed by atoms with Gasteiger partial charge in [0.15, 0.2) is 0 Å². The molecule has 0 aliphatic carbocycles. The summed E-state index contributed by atoms with van der Waals surface area (Å²) in [7, 11) is -6.32. The molecule has 0 bridgehead atoms. The quantitative estimate of drug-likeness (QED) is 0.210. The average Bonchev–Trinajstić information content (AvgIpc) is 2.76. The molecule has 0 unspecified atom stereocenters. The molecular weight excluding hydrogens is 488 g/mol. The topological polar surface area (TPSA) is 140 Å². The predicted molar refractivity (Wildman–Crippen MR) is 128 cm³/mol. The Balaban J connectivity index is 2.42. The summed E-state index contributed by atoms with van der Waals surface area (Å²) in [5.41, 5.74) is 0.384. The van der Waals surface area contributed by atoms with E-state index in [1.54, 1.807) is 11.8 Å². The Morgan fingerprint density at radius 1 is 1.15 bits per heavy atom. The molecule has 1 aromatic rings. The van der Waals surface area contributed by atoms with Crippen LogP contribution < -0.4 is 4.90 Å². The Morgan fingerprint density at radius 3 is 2.35 bits per heavy atom. The Labute approximate surface area is 201 Å². The third-order valence-electron chi connectivity index (χ3n) is 5.45. The van der Waals surface area contributed by atoms with Crippen LogP contribution in [0.25, 0.3) is 0 Å². The summed E-state index contributed by atoms with van der Waals surface area (Å²) in [6, 6.07) is 2.39. The van der Waals surface area contributed by atoms with E-state index in [9.17, 15) is 26.9 Å². The molecule has 1 heterocycles. The van der Waals surface area contributed by atoms with E-state index in [0.29, 0.717) is 57.1 Å². The van der Waals surface area contributed by atoms with Crippen molar-refractivity contribution in [3.05, 3.63) is 27.8 Å². The van der Waals surface area contributed by atoms with Crippen LogP contribution in [0.15, 0.2) is 17.0 Å². The number of morpholine rings is 1. The molecule has 0 saturated carbocycles. The Kier molecular flexibility index (Phi) is 10.2. The van der Waals surface area contributed by atoms with Gasteiger partial charge in [0.05, 0.1) is 36.7 Å². The lowest BCUT2D eigenvalue weighted by Crippen LogP contribution is -2.42. The van der Waals surface area contributed by atoms with Gasteiger partial charge in [-0.2, -0.15) is 12.7 Å². The number of nitro benzene ring substituents is 1. The molecule has 1 aliphatic rings. The minimum Gasteiger partial charge on any atom is -0.379 e. The van der Waals surface area contributed by atoms with E-state index >= 15 is 0 Å². The lowest BCUT2D eigenvalue weighted by molar-refractivity contribution is -0.385. The van der Waals surface area contributed by atoms with Crippen LogP contribution in [-0.4, -0.2) is 103 Å². The smallest absolute Gasteiger partial charge is 0.271 e.